The van der Waals surface area contributed by atoms with E-state index < -0.39 is 31.7 Å². The molecule has 0 rings (SSSR count). The summed E-state index contributed by atoms with van der Waals surface area (Å²) in [5.41, 5.74) is 0. The summed E-state index contributed by atoms with van der Waals surface area (Å²) in [6, 6.07) is 0. The van der Waals surface area contributed by atoms with Gasteiger partial charge < -0.3 is 4.55 Å². The molecule has 0 aliphatic rings. The molecule has 13 heavy (non-hydrogen) atoms. The van der Waals surface area contributed by atoms with Crippen LogP contribution >= 0.6 is 0 Å². The smallest absolute Gasteiger partial charge is 0.748 e. The summed E-state index contributed by atoms with van der Waals surface area (Å²) < 4.78 is 58.3. The SMILES string of the molecule is O=S(=O)([O-])CCCCS(=O)(=O)O.[Na+]. The van der Waals surface area contributed by atoms with Crippen molar-refractivity contribution < 1.29 is 55.5 Å². The van der Waals surface area contributed by atoms with Crippen LogP contribution in [0.25, 0.3) is 0 Å². The Morgan fingerprint density at radius 1 is 1.00 bits per heavy atom. The molecule has 0 aromatic heterocycles. The quantitative estimate of drug-likeness (QED) is 0.300. The van der Waals surface area contributed by atoms with Crippen molar-refractivity contribution in [3.8, 4) is 0 Å². The summed E-state index contributed by atoms with van der Waals surface area (Å²) >= 11 is 0. The predicted molar refractivity (Wildman–Crippen MR) is 40.2 cm³/mol. The van der Waals surface area contributed by atoms with Crippen LogP contribution < -0.4 is 29.6 Å². The zero-order valence-corrected chi connectivity index (χ0v) is 10.8. The molecule has 0 bridgehead atoms. The van der Waals surface area contributed by atoms with Gasteiger partial charge in [0.25, 0.3) is 10.1 Å². The fourth-order valence-corrected chi connectivity index (χ4v) is 1.69. The van der Waals surface area contributed by atoms with Crippen molar-refractivity contribution in [2.75, 3.05) is 11.5 Å². The average Bonchev–Trinajstić information content (AvgIpc) is 1.76. The topological polar surface area (TPSA) is 112 Å². The van der Waals surface area contributed by atoms with Crippen molar-refractivity contribution in [3.63, 3.8) is 0 Å². The van der Waals surface area contributed by atoms with Crippen molar-refractivity contribution in [3.05, 3.63) is 0 Å². The van der Waals surface area contributed by atoms with Crippen molar-refractivity contribution in [2.24, 2.45) is 0 Å². The van der Waals surface area contributed by atoms with E-state index >= 15 is 0 Å². The molecule has 0 heterocycles. The Labute approximate surface area is 99.5 Å². The van der Waals surface area contributed by atoms with Crippen LogP contribution in [0.4, 0.5) is 0 Å². The first-order chi connectivity index (χ1) is 5.21. The largest absolute Gasteiger partial charge is 1.00 e. The van der Waals surface area contributed by atoms with E-state index in [1.54, 1.807) is 0 Å². The Kier molecular flexibility index (Phi) is 7.92. The van der Waals surface area contributed by atoms with Gasteiger partial charge in [0.05, 0.1) is 15.9 Å². The molecule has 74 valence electrons. The molecule has 6 nitrogen and oxygen atoms in total. The van der Waals surface area contributed by atoms with Gasteiger partial charge in [0.1, 0.15) is 0 Å². The number of hydrogen-bond acceptors (Lipinski definition) is 5. The molecule has 0 aliphatic carbocycles. The minimum Gasteiger partial charge on any atom is -0.748 e. The second-order valence-corrected chi connectivity index (χ2v) is 5.35. The van der Waals surface area contributed by atoms with Crippen LogP contribution in [0.1, 0.15) is 12.8 Å². The first kappa shape index (κ1) is 16.3. The molecular weight excluding hydrogens is 231 g/mol. The Morgan fingerprint density at radius 2 is 1.38 bits per heavy atom. The van der Waals surface area contributed by atoms with Crippen molar-refractivity contribution >= 4 is 20.2 Å². The van der Waals surface area contributed by atoms with Crippen LogP contribution in [0, 0.1) is 0 Å². The van der Waals surface area contributed by atoms with Gasteiger partial charge in [0.15, 0.2) is 0 Å². The summed E-state index contributed by atoms with van der Waals surface area (Å²) in [5, 5.41) is 0. The zero-order chi connectivity index (χ0) is 9.83. The molecule has 0 spiro atoms. The van der Waals surface area contributed by atoms with E-state index in [-0.39, 0.29) is 42.4 Å². The fourth-order valence-electron chi connectivity index (χ4n) is 0.563. The molecule has 0 aromatic carbocycles. The van der Waals surface area contributed by atoms with Gasteiger partial charge in [-0.15, -0.1) is 0 Å². The van der Waals surface area contributed by atoms with E-state index in [2.05, 4.69) is 0 Å². The van der Waals surface area contributed by atoms with Gasteiger partial charge in [-0.25, -0.2) is 8.42 Å². The summed E-state index contributed by atoms with van der Waals surface area (Å²) in [5.74, 6) is -1.11. The average molecular weight is 240 g/mol. The molecule has 0 saturated heterocycles. The van der Waals surface area contributed by atoms with E-state index in [1.807, 2.05) is 0 Å². The van der Waals surface area contributed by atoms with Crippen molar-refractivity contribution in [1.82, 2.24) is 0 Å². The van der Waals surface area contributed by atoms with Gasteiger partial charge in [0, 0.05) is 5.75 Å². The third-order valence-electron chi connectivity index (χ3n) is 1.05. The summed E-state index contributed by atoms with van der Waals surface area (Å²) in [4.78, 5) is 0. The maximum atomic E-state index is 10.1. The van der Waals surface area contributed by atoms with Crippen LogP contribution in [-0.2, 0) is 20.2 Å². The summed E-state index contributed by atoms with van der Waals surface area (Å²) in [6.07, 6.45) is -0.0775. The molecule has 0 aliphatic heterocycles. The van der Waals surface area contributed by atoms with Crippen molar-refractivity contribution in [2.45, 2.75) is 12.8 Å². The first-order valence-electron chi connectivity index (χ1n) is 3.09. The van der Waals surface area contributed by atoms with Crippen LogP contribution in [0.3, 0.4) is 0 Å². The third-order valence-corrected chi connectivity index (χ3v) is 2.64. The molecule has 0 atom stereocenters. The monoisotopic (exact) mass is 240 g/mol. The summed E-state index contributed by atoms with van der Waals surface area (Å²) in [6.45, 7) is 0. The van der Waals surface area contributed by atoms with Gasteiger partial charge in [-0.05, 0) is 12.8 Å². The Bertz CT molecular complexity index is 283. The maximum absolute atomic E-state index is 10.1. The van der Waals surface area contributed by atoms with Gasteiger partial charge >= 0.3 is 29.6 Å². The molecular formula is C4H9NaO6S2. The first-order valence-corrected chi connectivity index (χ1v) is 6.28. The van der Waals surface area contributed by atoms with E-state index in [4.69, 9.17) is 4.55 Å². The van der Waals surface area contributed by atoms with E-state index in [0.29, 0.717) is 0 Å². The second-order valence-electron chi connectivity index (χ2n) is 2.25. The third kappa shape index (κ3) is 15.6. The number of unbranched alkanes of at least 4 members (excludes halogenated alkanes) is 1. The summed E-state index contributed by atoms with van der Waals surface area (Å²) in [7, 11) is -8.31. The zero-order valence-electron chi connectivity index (χ0n) is 7.13. The van der Waals surface area contributed by atoms with Gasteiger partial charge in [-0.1, -0.05) is 0 Å². The van der Waals surface area contributed by atoms with Crippen LogP contribution in [-0.4, -0.2) is 37.4 Å². The van der Waals surface area contributed by atoms with E-state index in [9.17, 15) is 21.4 Å². The standard InChI is InChI=1S/C4H10O6S2.Na/c5-11(6,7)3-1-2-4-12(8,9)10;/h1-4H2,(H,5,6,7)(H,8,9,10);/q;+1/p-1. The molecule has 0 aromatic rings. The Morgan fingerprint density at radius 3 is 1.69 bits per heavy atom. The molecule has 0 amide bonds. The molecule has 0 saturated carbocycles. The molecule has 0 radical (unpaired) electrons. The van der Waals surface area contributed by atoms with Crippen LogP contribution in [0.15, 0.2) is 0 Å². The molecule has 0 fully saturated rings. The number of rotatable bonds is 5. The van der Waals surface area contributed by atoms with E-state index in [0.717, 1.165) is 0 Å². The van der Waals surface area contributed by atoms with Gasteiger partial charge in [0.2, 0.25) is 0 Å². The fraction of sp³-hybridized carbons (Fsp3) is 1.00. The molecule has 0 unspecified atom stereocenters. The minimum atomic E-state index is -4.27. The minimum absolute atomic E-state index is 0. The van der Waals surface area contributed by atoms with Crippen molar-refractivity contribution in [1.29, 1.82) is 0 Å². The molecule has 1 N–H and O–H groups in total. The maximum Gasteiger partial charge on any atom is 1.00 e. The normalized spacial score (nSPS) is 12.2. The number of hydrogen-bond donors (Lipinski definition) is 1. The Hall–Kier alpha value is 0.820. The van der Waals surface area contributed by atoms with Crippen LogP contribution in [0.2, 0.25) is 0 Å². The Balaban J connectivity index is 0. The molecule has 9 heteroatoms. The predicted octanol–water partition coefficient (Wildman–Crippen LogP) is -3.80. The van der Waals surface area contributed by atoms with Gasteiger partial charge in [-0.3, -0.25) is 4.55 Å². The van der Waals surface area contributed by atoms with Gasteiger partial charge in [-0.2, -0.15) is 8.42 Å². The second kappa shape index (κ2) is 6.33. The van der Waals surface area contributed by atoms with Crippen LogP contribution in [0.5, 0.6) is 0 Å². The van der Waals surface area contributed by atoms with E-state index in [1.165, 1.54) is 0 Å².